The topological polar surface area (TPSA) is 407 Å². The number of hydrogen-bond acceptors (Lipinski definition) is 18. The van der Waals surface area contributed by atoms with Crippen LogP contribution in [0.1, 0.15) is 91.0 Å². The molecule has 6 aliphatic heterocycles. The Morgan fingerprint density at radius 2 is 1.63 bits per heavy atom. The van der Waals surface area contributed by atoms with Crippen molar-refractivity contribution in [2.45, 2.75) is 111 Å². The first-order valence-electron chi connectivity index (χ1n) is 27.4. The average Bonchev–Trinajstić information content (AvgIpc) is 0.973. The van der Waals surface area contributed by atoms with E-state index in [2.05, 4.69) is 51.2 Å². The number of benzene rings is 3. The van der Waals surface area contributed by atoms with Crippen molar-refractivity contribution in [3.63, 3.8) is 0 Å². The van der Waals surface area contributed by atoms with E-state index in [1.165, 1.54) is 45.7 Å². The molecule has 1 fully saturated rings. The number of hydrogen-bond donors (Lipinski definition) is 10. The van der Waals surface area contributed by atoms with Crippen LogP contribution in [-0.4, -0.2) is 138 Å². The normalized spacial score (nSPS) is 20.8. The molecule has 11 rings (SSSR count). The Labute approximate surface area is 480 Å². The zero-order chi connectivity index (χ0) is 59.6. The number of anilines is 2. The smallest absolute Gasteiger partial charge is 0.455 e. The molecule has 6 aliphatic rings. The standard InChI is InChI=1S/C51H62N10O19P2S2/c1-58-27-61(47-42(58)48(64)57-50(52)56-47)49-43(63)46(36(77-49)26-76-82(69,70)80-81(66,67)68)79-51(65)54-18-17-53-38(62)13-3-2-4-16-55-83(71,72)30-14-15-31(37(25-30)84(73,74)75)39-34-23-28-9-5-19-59-21-7-11-32(40(28)59)44(34)78-45-33-12-8-22-60-20-6-10-29(41(33)60)24-35(39)45/h14-15,23-25,27,36,43,46,49,55,63H,2-13,16-22,26H2,1H3,(H7-2,52,53,54,56,57,62,64,65,66,67,68,69,70,73,74,75)/p+2/t36-,43-,46-,49?/m1/s1. The van der Waals surface area contributed by atoms with Crippen molar-refractivity contribution in [1.29, 1.82) is 0 Å². The number of unbranched alkanes of at least 4 members (excludes halogenated alkanes) is 2. The molecule has 29 nitrogen and oxygen atoms in total. The molecule has 0 saturated carbocycles. The first kappa shape index (κ1) is 59.5. The van der Waals surface area contributed by atoms with Crippen LogP contribution in [0.25, 0.3) is 16.7 Å². The Morgan fingerprint density at radius 1 is 0.905 bits per heavy atom. The highest BCUT2D eigenvalue weighted by Crippen LogP contribution is 2.58. The number of fused-ring (bicyclic) bond motifs is 5. The lowest BCUT2D eigenvalue weighted by molar-refractivity contribution is -0.745. The highest BCUT2D eigenvalue weighted by atomic mass is 32.2. The molecule has 3 aromatic carbocycles. The lowest BCUT2D eigenvalue weighted by atomic mass is 9.82. The van der Waals surface area contributed by atoms with Crippen LogP contribution >= 0.6 is 15.6 Å². The molecule has 0 radical (unpaired) electrons. The summed E-state index contributed by atoms with van der Waals surface area (Å²) in [5.41, 5.74) is 12.0. The van der Waals surface area contributed by atoms with E-state index >= 15 is 0 Å². The van der Waals surface area contributed by atoms with Gasteiger partial charge in [0.15, 0.2) is 18.5 Å². The number of nitrogens with one attached hydrogen (secondary N) is 4. The number of phosphoric ester groups is 1. The SMILES string of the molecule is Cn1c[n+](C2O[C@H](COP(=O)(O)OP(=O)(O)O)[C@@H](OC(=O)NCCNC(=O)CCCCCNS(=O)(=O)c3ccc(C4=c5cc6c7c(c5Oc5c4cc4c8c5CCCN8CCC4)CCC[N+]=7CCC6)c(S(=O)(=O)O)c3)[C@H]2O)c2nc(N)[nH]c(=O)c21. The van der Waals surface area contributed by atoms with E-state index in [1.54, 1.807) is 0 Å². The molecule has 0 spiro atoms. The second-order valence-electron chi connectivity index (χ2n) is 21.5. The van der Waals surface area contributed by atoms with Crippen molar-refractivity contribution in [2.24, 2.45) is 7.05 Å². The summed E-state index contributed by atoms with van der Waals surface area (Å²) in [5, 5.41) is 18.2. The summed E-state index contributed by atoms with van der Waals surface area (Å²) in [5.74, 6) is 0.628. The second-order valence-corrected chi connectivity index (χ2v) is 27.5. The monoisotopic (exact) mass is 1250 g/mol. The molecule has 8 heterocycles. The van der Waals surface area contributed by atoms with Crippen molar-refractivity contribution in [2.75, 3.05) is 63.1 Å². The predicted octanol–water partition coefficient (Wildman–Crippen LogP) is 0.0478. The number of phosphoric acid groups is 2. The van der Waals surface area contributed by atoms with Crippen molar-refractivity contribution in [3.05, 3.63) is 91.0 Å². The van der Waals surface area contributed by atoms with E-state index in [4.69, 9.17) is 34.3 Å². The predicted molar refractivity (Wildman–Crippen MR) is 296 cm³/mol. The molecular formula is C51H64N10O19P2S2+2. The summed E-state index contributed by atoms with van der Waals surface area (Å²) in [7, 11) is -18.9. The van der Waals surface area contributed by atoms with Gasteiger partial charge in [0.05, 0.1) is 24.1 Å². The molecule has 84 heavy (non-hydrogen) atoms. The van der Waals surface area contributed by atoms with E-state index in [0.717, 1.165) is 106 Å². The number of H-pyrrole nitrogens is 1. The Hall–Kier alpha value is -6.18. The van der Waals surface area contributed by atoms with Gasteiger partial charge < -0.3 is 55.3 Å². The number of rotatable bonds is 20. The molecule has 5 atom stereocenters. The van der Waals surface area contributed by atoms with Gasteiger partial charge in [-0.25, -0.2) is 36.2 Å². The van der Waals surface area contributed by atoms with Crippen LogP contribution in [-0.2, 0) is 85.1 Å². The maximum absolute atomic E-state index is 13.8. The molecule has 452 valence electrons. The third-order valence-corrected chi connectivity index (χ3v) is 20.3. The Bertz CT molecular complexity index is 4060. The number of aryl methyl sites for hydroxylation is 3. The molecule has 2 unspecified atom stereocenters. The van der Waals surface area contributed by atoms with Gasteiger partial charge in [0.1, 0.15) is 35.6 Å². The molecule has 11 N–H and O–H groups in total. The van der Waals surface area contributed by atoms with E-state index in [1.807, 2.05) is 0 Å². The number of nitrogens with two attached hydrogens (primary N) is 1. The van der Waals surface area contributed by atoms with Gasteiger partial charge in [0.25, 0.3) is 21.6 Å². The number of ether oxygens (including phenoxy) is 3. The molecule has 2 amide bonds. The molecule has 5 aromatic rings. The number of amides is 2. The summed E-state index contributed by atoms with van der Waals surface area (Å²) >= 11 is 0. The molecular weight excluding hydrogens is 1180 g/mol. The van der Waals surface area contributed by atoms with Crippen LogP contribution < -0.4 is 56.0 Å². The Balaban J connectivity index is 0.708. The minimum atomic E-state index is -5.53. The maximum Gasteiger partial charge on any atom is 0.481 e. The van der Waals surface area contributed by atoms with E-state index < -0.39 is 89.4 Å². The number of carbonyl (C=O) groups excluding carboxylic acids is 2. The van der Waals surface area contributed by atoms with Crippen molar-refractivity contribution < 1.29 is 87.5 Å². The quantitative estimate of drug-likeness (QED) is 0.0209. The van der Waals surface area contributed by atoms with Gasteiger partial charge in [-0.15, -0.1) is 0 Å². The maximum atomic E-state index is 13.8. The summed E-state index contributed by atoms with van der Waals surface area (Å²) in [6.07, 6.45) is 1.54. The van der Waals surface area contributed by atoms with Crippen molar-refractivity contribution in [3.8, 4) is 11.5 Å². The zero-order valence-electron chi connectivity index (χ0n) is 45.4. The van der Waals surface area contributed by atoms with Gasteiger partial charge >= 0.3 is 27.4 Å². The highest BCUT2D eigenvalue weighted by molar-refractivity contribution is 7.89. The van der Waals surface area contributed by atoms with E-state index in [0.29, 0.717) is 47.1 Å². The van der Waals surface area contributed by atoms with Crippen LogP contribution in [0.5, 0.6) is 11.5 Å². The molecule has 0 aliphatic carbocycles. The van der Waals surface area contributed by atoms with Crippen LogP contribution in [0.15, 0.2) is 51.2 Å². The largest absolute Gasteiger partial charge is 0.481 e. The zero-order valence-corrected chi connectivity index (χ0v) is 48.8. The summed E-state index contributed by atoms with van der Waals surface area (Å²) in [4.78, 5) is 74.2. The Kier molecular flexibility index (Phi) is 16.5. The van der Waals surface area contributed by atoms with Gasteiger partial charge in [0.2, 0.25) is 33.0 Å². The number of aliphatic hydroxyl groups excluding tert-OH is 1. The molecule has 1 saturated heterocycles. The van der Waals surface area contributed by atoms with Gasteiger partial charge in [-0.3, -0.25) is 28.2 Å². The third-order valence-electron chi connectivity index (χ3n) is 15.8. The van der Waals surface area contributed by atoms with Crippen LogP contribution in [0.4, 0.5) is 16.4 Å². The number of aromatic amines is 1. The summed E-state index contributed by atoms with van der Waals surface area (Å²) in [6, 6.07) is 7.98. The Morgan fingerprint density at radius 3 is 2.39 bits per heavy atom. The van der Waals surface area contributed by atoms with Crippen LogP contribution in [0, 0.1) is 0 Å². The fourth-order valence-corrected chi connectivity index (χ4v) is 15.9. The lowest BCUT2D eigenvalue weighted by Crippen LogP contribution is -2.47. The van der Waals surface area contributed by atoms with Crippen molar-refractivity contribution >= 4 is 76.2 Å². The summed E-state index contributed by atoms with van der Waals surface area (Å²) in [6.45, 7) is 2.33. The van der Waals surface area contributed by atoms with Crippen LogP contribution in [0.2, 0.25) is 0 Å². The first-order valence-corrected chi connectivity index (χ1v) is 33.4. The number of nitrogen functional groups attached to an aromatic ring is 1. The number of nitrogens with zero attached hydrogens (tertiary/aromatic N) is 5. The van der Waals surface area contributed by atoms with Crippen LogP contribution in [0.3, 0.4) is 0 Å². The number of aromatic nitrogens is 4. The second kappa shape index (κ2) is 23.2. The van der Waals surface area contributed by atoms with Gasteiger partial charge in [-0.2, -0.15) is 12.7 Å². The summed E-state index contributed by atoms with van der Waals surface area (Å²) < 4.78 is 123. The number of alkyl carbamates (subject to hydrolysis) is 1. The van der Waals surface area contributed by atoms with Crippen molar-refractivity contribution in [1.82, 2.24) is 34.5 Å². The van der Waals surface area contributed by atoms with Gasteiger partial charge in [-0.1, -0.05) is 17.5 Å². The number of imidazole rings is 1. The number of carbonyl (C=O) groups is 2. The molecule has 0 bridgehead atoms. The number of aliphatic hydroxyl groups is 1. The first-order chi connectivity index (χ1) is 39.9. The van der Waals surface area contributed by atoms with E-state index in [9.17, 15) is 54.9 Å². The molecule has 33 heteroatoms. The molecule has 2 aromatic heterocycles. The van der Waals surface area contributed by atoms with Gasteiger partial charge in [0, 0.05) is 90.7 Å². The minimum absolute atomic E-state index is 0.00644. The van der Waals surface area contributed by atoms with Gasteiger partial charge in [-0.05, 0) is 81.2 Å². The highest BCUT2D eigenvalue weighted by Gasteiger charge is 2.51. The average molecular weight is 1250 g/mol. The fourth-order valence-electron chi connectivity index (χ4n) is 12.4. The lowest BCUT2D eigenvalue weighted by Gasteiger charge is -2.39. The number of sulfonamides is 1. The fraction of sp³-hybridized carbons (Fsp3) is 0.490. The van der Waals surface area contributed by atoms with E-state index in [-0.39, 0.29) is 53.6 Å². The third kappa shape index (κ3) is 12.0. The minimum Gasteiger partial charge on any atom is -0.455 e.